The number of carbonyl (C=O) groups excluding carboxylic acids is 3. The lowest BCUT2D eigenvalue weighted by atomic mass is 10.1. The van der Waals surface area contributed by atoms with Crippen molar-refractivity contribution < 1.29 is 28.6 Å². The Balaban J connectivity index is 4.24. The summed E-state index contributed by atoms with van der Waals surface area (Å²) < 4.78 is 16.2. The van der Waals surface area contributed by atoms with Gasteiger partial charge in [-0.1, -0.05) is 123 Å². The van der Waals surface area contributed by atoms with Crippen molar-refractivity contribution in [1.29, 1.82) is 0 Å². The SMILES string of the molecule is C/C=C(/C)C(=O)OC[C@H](COC(=O)CCCCCCCCC)OC(=O)CCCCCCCCCCCCC. The normalized spacial score (nSPS) is 12.3. The molecule has 0 aromatic heterocycles. The number of ether oxygens (including phenoxy) is 3. The summed E-state index contributed by atoms with van der Waals surface area (Å²) in [5, 5.41) is 0. The van der Waals surface area contributed by atoms with E-state index < -0.39 is 12.1 Å². The average molecular weight is 539 g/mol. The van der Waals surface area contributed by atoms with Crippen molar-refractivity contribution in [1.82, 2.24) is 0 Å². The van der Waals surface area contributed by atoms with Gasteiger partial charge in [-0.2, -0.15) is 0 Å². The molecule has 0 bridgehead atoms. The molecule has 38 heavy (non-hydrogen) atoms. The number of hydrogen-bond acceptors (Lipinski definition) is 6. The van der Waals surface area contributed by atoms with Crippen LogP contribution in [-0.4, -0.2) is 37.2 Å². The van der Waals surface area contributed by atoms with Gasteiger partial charge in [0.15, 0.2) is 6.10 Å². The molecule has 0 N–H and O–H groups in total. The molecule has 0 fully saturated rings. The molecule has 0 saturated carbocycles. The molecule has 0 aliphatic heterocycles. The molecule has 6 heteroatoms. The summed E-state index contributed by atoms with van der Waals surface area (Å²) in [5.41, 5.74) is 0.479. The van der Waals surface area contributed by atoms with E-state index in [-0.39, 0.29) is 25.2 Å². The van der Waals surface area contributed by atoms with E-state index in [1.165, 1.54) is 77.0 Å². The summed E-state index contributed by atoms with van der Waals surface area (Å²) in [5.74, 6) is -1.11. The van der Waals surface area contributed by atoms with Crippen molar-refractivity contribution in [3.05, 3.63) is 11.6 Å². The van der Waals surface area contributed by atoms with E-state index in [4.69, 9.17) is 14.2 Å². The molecular formula is C32H58O6. The van der Waals surface area contributed by atoms with E-state index in [0.29, 0.717) is 18.4 Å². The number of carbonyl (C=O) groups is 3. The number of esters is 3. The first-order valence-corrected chi connectivity index (χ1v) is 15.6. The van der Waals surface area contributed by atoms with Gasteiger partial charge in [0.05, 0.1) is 0 Å². The maximum absolute atomic E-state index is 12.4. The smallest absolute Gasteiger partial charge is 0.333 e. The lowest BCUT2D eigenvalue weighted by Crippen LogP contribution is -2.31. The Morgan fingerprint density at radius 1 is 0.579 bits per heavy atom. The topological polar surface area (TPSA) is 78.9 Å². The fourth-order valence-electron chi connectivity index (χ4n) is 4.18. The monoisotopic (exact) mass is 538 g/mol. The summed E-state index contributed by atoms with van der Waals surface area (Å²) in [4.78, 5) is 36.6. The van der Waals surface area contributed by atoms with E-state index >= 15 is 0 Å². The molecule has 0 aliphatic rings. The largest absolute Gasteiger partial charge is 0.462 e. The second kappa shape index (κ2) is 26.7. The standard InChI is InChI=1S/C32H58O6/c1-5-8-10-12-14-15-16-17-19-21-23-25-31(34)38-29(27-37-32(35)28(4)7-3)26-36-30(33)24-22-20-18-13-11-9-6-2/h7,29H,5-6,8-27H2,1-4H3/b28-7-/t29-/m0/s1. The molecule has 0 aromatic rings. The molecule has 0 unspecified atom stereocenters. The molecular weight excluding hydrogens is 480 g/mol. The third kappa shape index (κ3) is 23.3. The van der Waals surface area contributed by atoms with Gasteiger partial charge in [-0.15, -0.1) is 0 Å². The molecule has 6 nitrogen and oxygen atoms in total. The second-order valence-electron chi connectivity index (χ2n) is 10.5. The Bertz CT molecular complexity index is 627. The van der Waals surface area contributed by atoms with Crippen LogP contribution in [0.3, 0.4) is 0 Å². The van der Waals surface area contributed by atoms with E-state index in [2.05, 4.69) is 13.8 Å². The van der Waals surface area contributed by atoms with Crippen molar-refractivity contribution in [3.63, 3.8) is 0 Å². The molecule has 0 aliphatic carbocycles. The van der Waals surface area contributed by atoms with Crippen LogP contribution in [0.2, 0.25) is 0 Å². The quantitative estimate of drug-likeness (QED) is 0.0474. The van der Waals surface area contributed by atoms with Crippen molar-refractivity contribution in [2.24, 2.45) is 0 Å². The van der Waals surface area contributed by atoms with Gasteiger partial charge in [-0.25, -0.2) is 4.79 Å². The van der Waals surface area contributed by atoms with Gasteiger partial charge < -0.3 is 14.2 Å². The maximum Gasteiger partial charge on any atom is 0.333 e. The first-order chi connectivity index (χ1) is 18.4. The third-order valence-electron chi connectivity index (χ3n) is 6.85. The molecule has 0 radical (unpaired) electrons. The zero-order chi connectivity index (χ0) is 28.3. The first-order valence-electron chi connectivity index (χ1n) is 15.6. The fourth-order valence-corrected chi connectivity index (χ4v) is 4.18. The predicted molar refractivity (Wildman–Crippen MR) is 155 cm³/mol. The van der Waals surface area contributed by atoms with E-state index in [1.807, 2.05) is 0 Å². The van der Waals surface area contributed by atoms with Crippen molar-refractivity contribution >= 4 is 17.9 Å². The molecule has 222 valence electrons. The lowest BCUT2D eigenvalue weighted by molar-refractivity contribution is -0.165. The maximum atomic E-state index is 12.4. The second-order valence-corrected chi connectivity index (χ2v) is 10.5. The minimum absolute atomic E-state index is 0.0957. The molecule has 0 saturated heterocycles. The van der Waals surface area contributed by atoms with Gasteiger partial charge in [-0.3, -0.25) is 9.59 Å². The van der Waals surface area contributed by atoms with Gasteiger partial charge >= 0.3 is 17.9 Å². The molecule has 0 rings (SSSR count). The molecule has 0 spiro atoms. The zero-order valence-corrected chi connectivity index (χ0v) is 25.2. The summed E-state index contributed by atoms with van der Waals surface area (Å²) in [7, 11) is 0. The first kappa shape index (κ1) is 36.1. The van der Waals surface area contributed by atoms with Crippen LogP contribution in [0.4, 0.5) is 0 Å². The summed E-state index contributed by atoms with van der Waals surface area (Å²) in [6.45, 7) is 7.64. The highest BCUT2D eigenvalue weighted by atomic mass is 16.6. The van der Waals surface area contributed by atoms with Crippen LogP contribution in [0.15, 0.2) is 11.6 Å². The summed E-state index contributed by atoms with van der Waals surface area (Å²) in [6.07, 6.45) is 22.8. The van der Waals surface area contributed by atoms with Gasteiger partial charge in [0.2, 0.25) is 0 Å². The highest BCUT2D eigenvalue weighted by Crippen LogP contribution is 2.13. The minimum atomic E-state index is -0.790. The van der Waals surface area contributed by atoms with Gasteiger partial charge in [0.1, 0.15) is 13.2 Å². The van der Waals surface area contributed by atoms with Crippen LogP contribution in [0.5, 0.6) is 0 Å². The average Bonchev–Trinajstić information content (AvgIpc) is 2.91. The Morgan fingerprint density at radius 3 is 1.42 bits per heavy atom. The Kier molecular flexibility index (Phi) is 25.4. The van der Waals surface area contributed by atoms with Gasteiger partial charge in [0, 0.05) is 18.4 Å². The molecule has 0 aromatic carbocycles. The van der Waals surface area contributed by atoms with E-state index in [9.17, 15) is 14.4 Å². The summed E-state index contributed by atoms with van der Waals surface area (Å²) >= 11 is 0. The number of unbranched alkanes of at least 4 members (excludes halogenated alkanes) is 16. The zero-order valence-electron chi connectivity index (χ0n) is 25.2. The number of allylic oxidation sites excluding steroid dienone is 1. The molecule has 0 heterocycles. The van der Waals surface area contributed by atoms with Crippen LogP contribution in [0, 0.1) is 0 Å². The van der Waals surface area contributed by atoms with Crippen LogP contribution in [0.25, 0.3) is 0 Å². The van der Waals surface area contributed by atoms with Crippen LogP contribution in [0.1, 0.15) is 156 Å². The highest BCUT2D eigenvalue weighted by molar-refractivity contribution is 5.87. The predicted octanol–water partition coefficient (Wildman–Crippen LogP) is 8.79. The van der Waals surface area contributed by atoms with Crippen molar-refractivity contribution in [3.8, 4) is 0 Å². The number of hydrogen-bond donors (Lipinski definition) is 0. The summed E-state index contributed by atoms with van der Waals surface area (Å²) in [6, 6.07) is 0. The van der Waals surface area contributed by atoms with Crippen LogP contribution in [-0.2, 0) is 28.6 Å². The van der Waals surface area contributed by atoms with E-state index in [0.717, 1.165) is 38.5 Å². The van der Waals surface area contributed by atoms with Crippen LogP contribution < -0.4 is 0 Å². The minimum Gasteiger partial charge on any atom is -0.462 e. The van der Waals surface area contributed by atoms with Crippen LogP contribution >= 0.6 is 0 Å². The van der Waals surface area contributed by atoms with E-state index in [1.54, 1.807) is 19.9 Å². The fraction of sp³-hybridized carbons (Fsp3) is 0.844. The molecule has 0 amide bonds. The lowest BCUT2D eigenvalue weighted by Gasteiger charge is -2.18. The Hall–Kier alpha value is -1.85. The van der Waals surface area contributed by atoms with Gasteiger partial charge in [-0.05, 0) is 26.7 Å². The van der Waals surface area contributed by atoms with Crippen molar-refractivity contribution in [2.75, 3.05) is 13.2 Å². The third-order valence-corrected chi connectivity index (χ3v) is 6.85. The highest BCUT2D eigenvalue weighted by Gasteiger charge is 2.19. The number of rotatable bonds is 26. The Labute approximate surface area is 233 Å². The van der Waals surface area contributed by atoms with Gasteiger partial charge in [0.25, 0.3) is 0 Å². The van der Waals surface area contributed by atoms with Crippen molar-refractivity contribution in [2.45, 2.75) is 162 Å². The molecule has 1 atom stereocenters. The Morgan fingerprint density at radius 2 is 0.974 bits per heavy atom.